The summed E-state index contributed by atoms with van der Waals surface area (Å²) in [5.74, 6) is -1.03. The molecular formula is C15H12O6. The van der Waals surface area contributed by atoms with Crippen LogP contribution in [-0.4, -0.2) is 28.9 Å². The van der Waals surface area contributed by atoms with Gasteiger partial charge in [-0.05, 0) is 13.0 Å². The van der Waals surface area contributed by atoms with Crippen molar-refractivity contribution >= 4 is 11.6 Å². The van der Waals surface area contributed by atoms with Crippen molar-refractivity contribution in [1.82, 2.24) is 0 Å². The zero-order chi connectivity index (χ0) is 15.3. The highest BCUT2D eigenvalue weighted by Crippen LogP contribution is 2.38. The molecule has 6 nitrogen and oxygen atoms in total. The van der Waals surface area contributed by atoms with E-state index in [9.17, 15) is 19.8 Å². The topological polar surface area (TPSA) is 97.0 Å². The molecule has 0 fully saturated rings. The number of phenols is 1. The number of ether oxygens (including phenoxy) is 1. The number of carbonyl (C=O) groups excluding carboxylic acids is 2. The number of methoxy groups -OCH3 is 1. The number of aliphatic hydroxyl groups excluding tert-OH is 1. The van der Waals surface area contributed by atoms with Gasteiger partial charge in [-0.25, -0.2) is 0 Å². The lowest BCUT2D eigenvalue weighted by Gasteiger charge is -2.17. The highest BCUT2D eigenvalue weighted by molar-refractivity contribution is 6.29. The Kier molecular flexibility index (Phi) is 2.84. The molecule has 3 rings (SSSR count). The minimum absolute atomic E-state index is 0.0349. The minimum atomic E-state index is -1.02. The van der Waals surface area contributed by atoms with E-state index in [4.69, 9.17) is 9.15 Å². The van der Waals surface area contributed by atoms with Gasteiger partial charge in [-0.3, -0.25) is 9.59 Å². The van der Waals surface area contributed by atoms with Crippen LogP contribution in [0.2, 0.25) is 0 Å². The summed E-state index contributed by atoms with van der Waals surface area (Å²) in [5, 5.41) is 19.6. The summed E-state index contributed by atoms with van der Waals surface area (Å²) >= 11 is 0. The number of hydrogen-bond donors (Lipinski definition) is 2. The van der Waals surface area contributed by atoms with E-state index < -0.39 is 17.7 Å². The molecule has 1 aromatic carbocycles. The summed E-state index contributed by atoms with van der Waals surface area (Å²) in [7, 11) is 1.39. The predicted octanol–water partition coefficient (Wildman–Crippen LogP) is 1.82. The maximum absolute atomic E-state index is 12.6. The Morgan fingerprint density at radius 1 is 1.14 bits per heavy atom. The first-order valence-electron chi connectivity index (χ1n) is 6.25. The number of carbonyl (C=O) groups is 2. The fourth-order valence-corrected chi connectivity index (χ4v) is 2.49. The Morgan fingerprint density at radius 2 is 1.81 bits per heavy atom. The molecule has 6 heteroatoms. The van der Waals surface area contributed by atoms with Gasteiger partial charge in [0.25, 0.3) is 0 Å². The van der Waals surface area contributed by atoms with E-state index in [-0.39, 0.29) is 39.5 Å². The highest BCUT2D eigenvalue weighted by Gasteiger charge is 2.37. The van der Waals surface area contributed by atoms with Gasteiger partial charge in [0.15, 0.2) is 5.78 Å². The van der Waals surface area contributed by atoms with Gasteiger partial charge in [0.1, 0.15) is 29.6 Å². The number of furan rings is 1. The molecule has 1 heterocycles. The summed E-state index contributed by atoms with van der Waals surface area (Å²) in [6, 6.07) is 2.65. The van der Waals surface area contributed by atoms with Crippen molar-refractivity contribution in [2.24, 2.45) is 0 Å². The van der Waals surface area contributed by atoms with Crippen LogP contribution in [0.1, 0.15) is 50.6 Å². The van der Waals surface area contributed by atoms with Gasteiger partial charge < -0.3 is 19.4 Å². The van der Waals surface area contributed by atoms with Crippen LogP contribution in [0.4, 0.5) is 0 Å². The van der Waals surface area contributed by atoms with Gasteiger partial charge >= 0.3 is 0 Å². The van der Waals surface area contributed by atoms with E-state index in [1.54, 1.807) is 0 Å². The highest BCUT2D eigenvalue weighted by atomic mass is 16.5. The fourth-order valence-electron chi connectivity index (χ4n) is 2.49. The quantitative estimate of drug-likeness (QED) is 0.746. The van der Waals surface area contributed by atoms with E-state index >= 15 is 0 Å². The first-order valence-corrected chi connectivity index (χ1v) is 6.25. The predicted molar refractivity (Wildman–Crippen MR) is 70.9 cm³/mol. The van der Waals surface area contributed by atoms with Crippen molar-refractivity contribution in [2.75, 3.05) is 7.11 Å². The molecule has 0 spiro atoms. The smallest absolute Gasteiger partial charge is 0.201 e. The van der Waals surface area contributed by atoms with E-state index in [0.717, 1.165) is 6.26 Å². The van der Waals surface area contributed by atoms with Gasteiger partial charge in [0.05, 0.1) is 23.8 Å². The van der Waals surface area contributed by atoms with Crippen LogP contribution in [0.3, 0.4) is 0 Å². The van der Waals surface area contributed by atoms with E-state index in [1.165, 1.54) is 26.2 Å². The second-order valence-corrected chi connectivity index (χ2v) is 4.79. The maximum atomic E-state index is 12.6. The molecule has 108 valence electrons. The Hall–Kier alpha value is -2.60. The van der Waals surface area contributed by atoms with Crippen molar-refractivity contribution in [1.29, 1.82) is 0 Å². The largest absolute Gasteiger partial charge is 0.507 e. The second kappa shape index (κ2) is 4.46. The minimum Gasteiger partial charge on any atom is -0.507 e. The fraction of sp³-hybridized carbons (Fsp3) is 0.200. The number of benzene rings is 1. The second-order valence-electron chi connectivity index (χ2n) is 4.79. The molecule has 1 aliphatic carbocycles. The zero-order valence-electron chi connectivity index (χ0n) is 11.3. The molecule has 0 unspecified atom stereocenters. The van der Waals surface area contributed by atoms with Gasteiger partial charge in [0, 0.05) is 11.6 Å². The number of fused-ring (bicyclic) bond motifs is 2. The van der Waals surface area contributed by atoms with Crippen molar-refractivity contribution in [3.63, 3.8) is 0 Å². The van der Waals surface area contributed by atoms with Gasteiger partial charge in [0.2, 0.25) is 5.78 Å². The third-order valence-corrected chi connectivity index (χ3v) is 3.47. The molecule has 2 N–H and O–H groups in total. The van der Waals surface area contributed by atoms with Crippen LogP contribution < -0.4 is 4.74 Å². The molecule has 0 aliphatic heterocycles. The van der Waals surface area contributed by atoms with E-state index in [1.807, 2.05) is 0 Å². The lowest BCUT2D eigenvalue weighted by atomic mass is 9.84. The number of hydrogen-bond acceptors (Lipinski definition) is 6. The Balaban J connectivity index is 2.29. The molecule has 1 aromatic heterocycles. The van der Waals surface area contributed by atoms with Crippen molar-refractivity contribution in [3.05, 3.63) is 46.4 Å². The van der Waals surface area contributed by atoms with Crippen molar-refractivity contribution < 1.29 is 29.0 Å². The first-order chi connectivity index (χ1) is 9.95. The van der Waals surface area contributed by atoms with Crippen LogP contribution in [0, 0.1) is 0 Å². The third-order valence-electron chi connectivity index (χ3n) is 3.47. The summed E-state index contributed by atoms with van der Waals surface area (Å²) in [6.07, 6.45) is 0.107. The Bertz CT molecular complexity index is 769. The summed E-state index contributed by atoms with van der Waals surface area (Å²) in [6.45, 7) is 1.44. The molecule has 0 radical (unpaired) electrons. The van der Waals surface area contributed by atoms with Gasteiger partial charge in [-0.1, -0.05) is 0 Å². The van der Waals surface area contributed by atoms with Crippen molar-refractivity contribution in [2.45, 2.75) is 13.0 Å². The molecule has 0 saturated heterocycles. The Labute approximate surface area is 119 Å². The number of rotatable bonds is 2. The van der Waals surface area contributed by atoms with Crippen LogP contribution in [0.25, 0.3) is 0 Å². The normalized spacial score (nSPS) is 14.6. The average Bonchev–Trinajstić information content (AvgIpc) is 2.89. The molecule has 2 aromatic rings. The Morgan fingerprint density at radius 3 is 2.43 bits per heavy atom. The third kappa shape index (κ3) is 1.76. The van der Waals surface area contributed by atoms with Gasteiger partial charge in [-0.2, -0.15) is 0 Å². The zero-order valence-corrected chi connectivity index (χ0v) is 11.3. The molecule has 21 heavy (non-hydrogen) atoms. The molecule has 0 amide bonds. The summed E-state index contributed by atoms with van der Waals surface area (Å²) < 4.78 is 10.1. The van der Waals surface area contributed by atoms with Gasteiger partial charge in [-0.15, -0.1) is 0 Å². The summed E-state index contributed by atoms with van der Waals surface area (Å²) in [4.78, 5) is 25.0. The number of aromatic hydroxyl groups is 1. The SMILES string of the molecule is COc1cc(O)c2c(c1)C(=O)c1c(coc1[C@H](C)O)C2=O. The number of phenolic OH excluding ortho intramolecular Hbond substituents is 1. The molecule has 1 aliphatic rings. The first kappa shape index (κ1) is 13.4. The number of ketones is 2. The van der Waals surface area contributed by atoms with Crippen LogP contribution in [0.15, 0.2) is 22.8 Å². The van der Waals surface area contributed by atoms with Crippen LogP contribution in [-0.2, 0) is 0 Å². The van der Waals surface area contributed by atoms with E-state index in [2.05, 4.69) is 0 Å². The maximum Gasteiger partial charge on any atom is 0.201 e. The molecule has 0 saturated carbocycles. The number of aliphatic hydroxyl groups is 1. The monoisotopic (exact) mass is 288 g/mol. The van der Waals surface area contributed by atoms with Crippen molar-refractivity contribution in [3.8, 4) is 11.5 Å². The molecule has 0 bridgehead atoms. The molecular weight excluding hydrogens is 276 g/mol. The van der Waals surface area contributed by atoms with E-state index in [0.29, 0.717) is 0 Å². The standard InChI is InChI=1S/C15H12O6/c1-6(16)15-12-9(5-21-15)14(19)11-8(13(12)18)3-7(20-2)4-10(11)17/h3-6,16-17H,1-2H3/t6-/m0/s1. The summed E-state index contributed by atoms with van der Waals surface area (Å²) in [5.41, 5.74) is 0.0397. The van der Waals surface area contributed by atoms with Crippen LogP contribution >= 0.6 is 0 Å². The molecule has 1 atom stereocenters. The van der Waals surface area contributed by atoms with Crippen LogP contribution in [0.5, 0.6) is 11.5 Å². The average molecular weight is 288 g/mol. The lowest BCUT2D eigenvalue weighted by Crippen LogP contribution is -2.21. The lowest BCUT2D eigenvalue weighted by molar-refractivity contribution is 0.0972.